The fourth-order valence-corrected chi connectivity index (χ4v) is 1.29. The van der Waals surface area contributed by atoms with Crippen molar-refractivity contribution in [3.05, 3.63) is 12.2 Å². The van der Waals surface area contributed by atoms with Gasteiger partial charge in [-0.25, -0.2) is 0 Å². The smallest absolute Gasteiger partial charge is 0.129 e. The van der Waals surface area contributed by atoms with Gasteiger partial charge in [0, 0.05) is 6.61 Å². The molecule has 0 heterocycles. The van der Waals surface area contributed by atoms with E-state index >= 15 is 0 Å². The highest BCUT2D eigenvalue weighted by molar-refractivity contribution is 6.83. The summed E-state index contributed by atoms with van der Waals surface area (Å²) in [7, 11) is -1.18. The highest BCUT2D eigenvalue weighted by atomic mass is 28.3. The van der Waals surface area contributed by atoms with E-state index in [1.165, 1.54) is 0 Å². The number of aliphatic hydroxyl groups excluding tert-OH is 1. The molecule has 0 fully saturated rings. The van der Waals surface area contributed by atoms with E-state index in [1.54, 1.807) is 0 Å². The zero-order chi connectivity index (χ0) is 10.2. The lowest BCUT2D eigenvalue weighted by molar-refractivity contribution is 0.285. The second-order valence-corrected chi connectivity index (χ2v) is 8.89. The van der Waals surface area contributed by atoms with Crippen LogP contribution in [0.5, 0.6) is 0 Å². The molecule has 0 saturated carbocycles. The Labute approximate surface area is 82.9 Å². The van der Waals surface area contributed by atoms with Gasteiger partial charge in [-0.05, 0) is 25.3 Å². The van der Waals surface area contributed by atoms with Crippen LogP contribution in [-0.2, 0) is 0 Å². The first kappa shape index (κ1) is 12.5. The molecule has 74 valence electrons. The largest absolute Gasteiger partial charge is 0.396 e. The molecule has 0 amide bonds. The van der Waals surface area contributed by atoms with E-state index in [1.807, 2.05) is 6.08 Å². The molecule has 0 aromatic rings. The van der Waals surface area contributed by atoms with E-state index in [9.17, 15) is 0 Å². The van der Waals surface area contributed by atoms with E-state index in [-0.39, 0.29) is 0 Å². The van der Waals surface area contributed by atoms with Crippen molar-refractivity contribution in [1.29, 1.82) is 0 Å². The zero-order valence-electron chi connectivity index (χ0n) is 8.93. The molecule has 0 aliphatic heterocycles. The molecule has 0 aromatic carbocycles. The minimum Gasteiger partial charge on any atom is -0.396 e. The molecule has 0 radical (unpaired) electrons. The highest BCUT2D eigenvalue weighted by Crippen LogP contribution is 1.97. The maximum Gasteiger partial charge on any atom is 0.129 e. The molecule has 0 atom stereocenters. The normalized spacial score (nSPS) is 11.4. The van der Waals surface area contributed by atoms with Gasteiger partial charge in [0.15, 0.2) is 0 Å². The van der Waals surface area contributed by atoms with E-state index in [0.717, 1.165) is 19.3 Å². The lowest BCUT2D eigenvalue weighted by atomic mass is 10.2. The van der Waals surface area contributed by atoms with Gasteiger partial charge >= 0.3 is 0 Å². The molecule has 0 aromatic heterocycles. The van der Waals surface area contributed by atoms with Crippen LogP contribution in [0.25, 0.3) is 0 Å². The van der Waals surface area contributed by atoms with Crippen LogP contribution in [0.2, 0.25) is 19.6 Å². The number of rotatable bonds is 4. The second kappa shape index (κ2) is 6.94. The Morgan fingerprint density at radius 3 is 2.46 bits per heavy atom. The van der Waals surface area contributed by atoms with Crippen molar-refractivity contribution >= 4 is 8.07 Å². The van der Waals surface area contributed by atoms with Gasteiger partial charge in [-0.3, -0.25) is 0 Å². The van der Waals surface area contributed by atoms with Crippen LogP contribution in [0, 0.1) is 11.5 Å². The van der Waals surface area contributed by atoms with Gasteiger partial charge in [-0.15, -0.1) is 5.54 Å². The summed E-state index contributed by atoms with van der Waals surface area (Å²) in [5, 5.41) is 8.53. The Bertz CT molecular complexity index is 202. The predicted octanol–water partition coefficient (Wildman–Crippen LogP) is 2.59. The van der Waals surface area contributed by atoms with Crippen LogP contribution in [0.3, 0.4) is 0 Å². The van der Waals surface area contributed by atoms with Crippen LogP contribution < -0.4 is 0 Å². The van der Waals surface area contributed by atoms with Gasteiger partial charge in [0.2, 0.25) is 0 Å². The van der Waals surface area contributed by atoms with E-state index in [4.69, 9.17) is 5.11 Å². The average Bonchev–Trinajstić information content (AvgIpc) is 2.01. The van der Waals surface area contributed by atoms with E-state index < -0.39 is 8.07 Å². The van der Waals surface area contributed by atoms with Crippen LogP contribution in [0.15, 0.2) is 12.2 Å². The fraction of sp³-hybridized carbons (Fsp3) is 0.636. The molecule has 0 bridgehead atoms. The number of aliphatic hydroxyl groups is 1. The van der Waals surface area contributed by atoms with Gasteiger partial charge < -0.3 is 5.11 Å². The molecule has 0 spiro atoms. The lowest BCUT2D eigenvalue weighted by Gasteiger charge is -2.02. The number of hydrogen-bond donors (Lipinski definition) is 1. The van der Waals surface area contributed by atoms with E-state index in [0.29, 0.717) is 6.61 Å². The summed E-state index contributed by atoms with van der Waals surface area (Å²) >= 11 is 0. The van der Waals surface area contributed by atoms with Crippen molar-refractivity contribution in [3.8, 4) is 11.5 Å². The molecule has 2 heteroatoms. The van der Waals surface area contributed by atoms with Gasteiger partial charge in [0.1, 0.15) is 8.07 Å². The molecule has 0 aliphatic rings. The Kier molecular flexibility index (Phi) is 6.66. The summed E-state index contributed by atoms with van der Waals surface area (Å²) in [5.41, 5.74) is 3.27. The van der Waals surface area contributed by atoms with Crippen molar-refractivity contribution in [2.24, 2.45) is 0 Å². The summed E-state index contributed by atoms with van der Waals surface area (Å²) in [6, 6.07) is 0. The first-order chi connectivity index (χ1) is 6.06. The molecule has 0 saturated heterocycles. The summed E-state index contributed by atoms with van der Waals surface area (Å²) < 4.78 is 0. The molecule has 1 nitrogen and oxygen atoms in total. The minimum absolute atomic E-state index is 0.300. The third-order valence-corrected chi connectivity index (χ3v) is 2.32. The summed E-state index contributed by atoms with van der Waals surface area (Å²) in [4.78, 5) is 0. The standard InChI is InChI=1S/C11H20OSi/c1-13(2,3)11-9-7-5-4-6-8-10-12/h5,7,12H,4,6,8,10H2,1-3H3/b7-5-. The predicted molar refractivity (Wildman–Crippen MR) is 61.2 cm³/mol. The van der Waals surface area contributed by atoms with Crippen molar-refractivity contribution in [1.82, 2.24) is 0 Å². The summed E-state index contributed by atoms with van der Waals surface area (Å²) in [6.07, 6.45) is 7.01. The quantitative estimate of drug-likeness (QED) is 0.416. The number of hydrogen-bond acceptors (Lipinski definition) is 1. The molecular weight excluding hydrogens is 176 g/mol. The lowest BCUT2D eigenvalue weighted by Crippen LogP contribution is -2.16. The van der Waals surface area contributed by atoms with Crippen molar-refractivity contribution in [2.75, 3.05) is 6.61 Å². The maximum atomic E-state index is 8.53. The molecule has 0 unspecified atom stereocenters. The minimum atomic E-state index is -1.18. The molecule has 13 heavy (non-hydrogen) atoms. The highest BCUT2D eigenvalue weighted by Gasteiger charge is 2.06. The SMILES string of the molecule is C[Si](C)(C)C#C/C=C\CCCCO. The molecule has 0 rings (SSSR count). The number of allylic oxidation sites excluding steroid dienone is 2. The van der Waals surface area contributed by atoms with Gasteiger partial charge in [0.05, 0.1) is 0 Å². The third-order valence-electron chi connectivity index (χ3n) is 1.43. The van der Waals surface area contributed by atoms with Crippen LogP contribution in [0.4, 0.5) is 0 Å². The molecule has 1 N–H and O–H groups in total. The zero-order valence-corrected chi connectivity index (χ0v) is 9.93. The third kappa shape index (κ3) is 11.5. The van der Waals surface area contributed by atoms with Crippen LogP contribution >= 0.6 is 0 Å². The second-order valence-electron chi connectivity index (χ2n) is 4.14. The van der Waals surface area contributed by atoms with Gasteiger partial charge in [0.25, 0.3) is 0 Å². The Balaban J connectivity index is 3.55. The summed E-state index contributed by atoms with van der Waals surface area (Å²) in [6.45, 7) is 7.01. The van der Waals surface area contributed by atoms with Crippen molar-refractivity contribution in [2.45, 2.75) is 38.9 Å². The maximum absolute atomic E-state index is 8.53. The molecular formula is C11H20OSi. The Hall–Kier alpha value is -0.523. The first-order valence-corrected chi connectivity index (χ1v) is 8.35. The first-order valence-electron chi connectivity index (χ1n) is 4.85. The Morgan fingerprint density at radius 1 is 1.23 bits per heavy atom. The average molecular weight is 196 g/mol. The van der Waals surface area contributed by atoms with Crippen molar-refractivity contribution < 1.29 is 5.11 Å². The van der Waals surface area contributed by atoms with Crippen LogP contribution in [-0.4, -0.2) is 19.8 Å². The van der Waals surface area contributed by atoms with E-state index in [2.05, 4.69) is 37.2 Å². The topological polar surface area (TPSA) is 20.2 Å². The van der Waals surface area contributed by atoms with Crippen molar-refractivity contribution in [3.63, 3.8) is 0 Å². The Morgan fingerprint density at radius 2 is 1.92 bits per heavy atom. The monoisotopic (exact) mass is 196 g/mol. The fourth-order valence-electron chi connectivity index (χ4n) is 0.774. The summed E-state index contributed by atoms with van der Waals surface area (Å²) in [5.74, 6) is 3.07. The van der Waals surface area contributed by atoms with Gasteiger partial charge in [-0.2, -0.15) is 0 Å². The molecule has 0 aliphatic carbocycles. The number of unbranched alkanes of at least 4 members (excludes halogenated alkanes) is 2. The van der Waals surface area contributed by atoms with Gasteiger partial charge in [-0.1, -0.05) is 31.6 Å². The van der Waals surface area contributed by atoms with Crippen LogP contribution in [0.1, 0.15) is 19.3 Å².